The number of nitrogens with two attached hydrogens (primary N) is 1. The van der Waals surface area contributed by atoms with Crippen molar-refractivity contribution in [3.63, 3.8) is 0 Å². The molecule has 0 saturated carbocycles. The molecule has 0 aromatic carbocycles. The van der Waals surface area contributed by atoms with Crippen molar-refractivity contribution in [2.45, 2.75) is 19.8 Å². The second kappa shape index (κ2) is 4.80. The molecular formula is C7H11N3S. The molecule has 1 unspecified atom stereocenters. The van der Waals surface area contributed by atoms with Crippen LogP contribution in [0.25, 0.3) is 0 Å². The van der Waals surface area contributed by atoms with Gasteiger partial charge in [-0.2, -0.15) is 5.26 Å². The van der Waals surface area contributed by atoms with Crippen molar-refractivity contribution in [2.24, 2.45) is 11.7 Å². The third-order valence-electron chi connectivity index (χ3n) is 1.28. The van der Waals surface area contributed by atoms with Crippen molar-refractivity contribution in [1.82, 2.24) is 0 Å². The van der Waals surface area contributed by atoms with Gasteiger partial charge in [-0.05, 0) is 6.42 Å². The first kappa shape index (κ1) is 10.0. The van der Waals surface area contributed by atoms with Gasteiger partial charge in [0.2, 0.25) is 0 Å². The third-order valence-corrected chi connectivity index (χ3v) is 1.52. The van der Waals surface area contributed by atoms with Crippen molar-refractivity contribution < 1.29 is 0 Å². The second-order valence-corrected chi connectivity index (χ2v) is 2.71. The van der Waals surface area contributed by atoms with E-state index in [0.29, 0.717) is 12.1 Å². The molecule has 0 bridgehead atoms. The molecule has 0 aliphatic rings. The summed E-state index contributed by atoms with van der Waals surface area (Å²) in [5, 5.41) is 15.9. The Hall–Kier alpha value is -0.950. The molecule has 0 radical (unpaired) electrons. The second-order valence-electron chi connectivity index (χ2n) is 2.24. The number of nitrogens with zero attached hydrogens (tertiary/aromatic N) is 1. The zero-order valence-electron chi connectivity index (χ0n) is 6.42. The molecule has 60 valence electrons. The van der Waals surface area contributed by atoms with E-state index in [0.717, 1.165) is 6.42 Å². The maximum Gasteiger partial charge on any atom is 0.133 e. The van der Waals surface area contributed by atoms with Crippen LogP contribution in [0.4, 0.5) is 0 Å². The SMILES string of the molecule is CCCC(=N)C(C#N)C(N)=S. The predicted octanol–water partition coefficient (Wildman–Crippen LogP) is 1.23. The highest BCUT2D eigenvalue weighted by Crippen LogP contribution is 2.03. The fourth-order valence-corrected chi connectivity index (χ4v) is 0.922. The monoisotopic (exact) mass is 169 g/mol. The van der Waals surface area contributed by atoms with Crippen LogP contribution < -0.4 is 5.73 Å². The Bertz CT molecular complexity index is 204. The van der Waals surface area contributed by atoms with E-state index in [1.165, 1.54) is 0 Å². The normalized spacial score (nSPS) is 11.6. The zero-order chi connectivity index (χ0) is 8.85. The van der Waals surface area contributed by atoms with E-state index < -0.39 is 5.92 Å². The van der Waals surface area contributed by atoms with Crippen molar-refractivity contribution >= 4 is 22.9 Å². The minimum absolute atomic E-state index is 0.103. The van der Waals surface area contributed by atoms with Gasteiger partial charge >= 0.3 is 0 Å². The molecule has 0 aliphatic heterocycles. The number of thiocarbonyl (C=S) groups is 1. The van der Waals surface area contributed by atoms with Gasteiger partial charge in [-0.25, -0.2) is 0 Å². The van der Waals surface area contributed by atoms with E-state index in [4.69, 9.17) is 16.4 Å². The van der Waals surface area contributed by atoms with E-state index in [1.54, 1.807) is 0 Å². The lowest BCUT2D eigenvalue weighted by Crippen LogP contribution is -2.26. The summed E-state index contributed by atoms with van der Waals surface area (Å²) in [5.41, 5.74) is 5.57. The van der Waals surface area contributed by atoms with Gasteiger partial charge in [-0.3, -0.25) is 0 Å². The van der Waals surface area contributed by atoms with Crippen LogP contribution in [0.3, 0.4) is 0 Å². The van der Waals surface area contributed by atoms with Crippen LogP contribution in [-0.4, -0.2) is 10.7 Å². The van der Waals surface area contributed by atoms with Crippen LogP contribution in [0.15, 0.2) is 0 Å². The minimum atomic E-state index is -0.662. The highest BCUT2D eigenvalue weighted by molar-refractivity contribution is 7.80. The lowest BCUT2D eigenvalue weighted by Gasteiger charge is -2.06. The summed E-state index contributed by atoms with van der Waals surface area (Å²) in [4.78, 5) is 0.103. The highest BCUT2D eigenvalue weighted by Gasteiger charge is 2.15. The quantitative estimate of drug-likeness (QED) is 0.491. The molecule has 3 N–H and O–H groups in total. The fraction of sp³-hybridized carbons (Fsp3) is 0.571. The topological polar surface area (TPSA) is 73.7 Å². The number of rotatable bonds is 4. The Morgan fingerprint density at radius 1 is 1.82 bits per heavy atom. The van der Waals surface area contributed by atoms with Crippen molar-refractivity contribution in [3.05, 3.63) is 0 Å². The average Bonchev–Trinajstić information content (AvgIpc) is 1.88. The Morgan fingerprint density at radius 2 is 2.36 bits per heavy atom. The van der Waals surface area contributed by atoms with E-state index in [1.807, 2.05) is 13.0 Å². The summed E-state index contributed by atoms with van der Waals surface area (Å²) in [5.74, 6) is -0.662. The van der Waals surface area contributed by atoms with Gasteiger partial charge in [0, 0.05) is 5.71 Å². The Balaban J connectivity index is 4.18. The summed E-state index contributed by atoms with van der Waals surface area (Å²) in [6.07, 6.45) is 1.44. The number of nitriles is 1. The van der Waals surface area contributed by atoms with Gasteiger partial charge in [0.05, 0.1) is 11.1 Å². The van der Waals surface area contributed by atoms with Crippen molar-refractivity contribution in [1.29, 1.82) is 10.7 Å². The number of nitrogens with one attached hydrogen (secondary N) is 1. The van der Waals surface area contributed by atoms with E-state index in [9.17, 15) is 0 Å². The van der Waals surface area contributed by atoms with Gasteiger partial charge in [0.25, 0.3) is 0 Å². The van der Waals surface area contributed by atoms with Gasteiger partial charge < -0.3 is 11.1 Å². The minimum Gasteiger partial charge on any atom is -0.392 e. The first-order valence-corrected chi connectivity index (χ1v) is 3.80. The molecule has 0 amide bonds. The summed E-state index contributed by atoms with van der Waals surface area (Å²) in [7, 11) is 0. The van der Waals surface area contributed by atoms with E-state index in [-0.39, 0.29) is 4.99 Å². The van der Waals surface area contributed by atoms with Gasteiger partial charge in [0.1, 0.15) is 5.92 Å². The Morgan fingerprint density at radius 3 is 2.64 bits per heavy atom. The molecule has 0 spiro atoms. The van der Waals surface area contributed by atoms with Crippen LogP contribution in [0.5, 0.6) is 0 Å². The largest absolute Gasteiger partial charge is 0.392 e. The Labute approximate surface area is 71.7 Å². The standard InChI is InChI=1S/C7H11N3S/c1-2-3-6(9)5(4-8)7(10)11/h5,9H,2-3H2,1H3,(H2,10,11). The number of hydrogen-bond donors (Lipinski definition) is 2. The molecule has 4 heteroatoms. The molecule has 0 aromatic heterocycles. The Kier molecular flexibility index (Phi) is 4.39. The summed E-state index contributed by atoms with van der Waals surface area (Å²) < 4.78 is 0. The van der Waals surface area contributed by atoms with Crippen LogP contribution >= 0.6 is 12.2 Å². The molecule has 1 atom stereocenters. The average molecular weight is 169 g/mol. The third kappa shape index (κ3) is 3.10. The lowest BCUT2D eigenvalue weighted by atomic mass is 10.0. The molecule has 0 aliphatic carbocycles. The van der Waals surface area contributed by atoms with Crippen LogP contribution in [0, 0.1) is 22.7 Å². The highest BCUT2D eigenvalue weighted by atomic mass is 32.1. The molecular weight excluding hydrogens is 158 g/mol. The van der Waals surface area contributed by atoms with Crippen molar-refractivity contribution in [2.75, 3.05) is 0 Å². The number of hydrogen-bond acceptors (Lipinski definition) is 3. The first-order chi connectivity index (χ1) is 5.13. The van der Waals surface area contributed by atoms with E-state index in [2.05, 4.69) is 12.2 Å². The van der Waals surface area contributed by atoms with Crippen LogP contribution in [0.2, 0.25) is 0 Å². The lowest BCUT2D eigenvalue weighted by molar-refractivity contribution is 0.947. The maximum absolute atomic E-state index is 8.54. The maximum atomic E-state index is 8.54. The fourth-order valence-electron chi connectivity index (χ4n) is 0.727. The summed E-state index contributed by atoms with van der Waals surface area (Å²) in [6.45, 7) is 1.95. The molecule has 0 rings (SSSR count). The van der Waals surface area contributed by atoms with Gasteiger partial charge in [0.15, 0.2) is 0 Å². The molecule has 11 heavy (non-hydrogen) atoms. The smallest absolute Gasteiger partial charge is 0.133 e. The summed E-state index contributed by atoms with van der Waals surface area (Å²) >= 11 is 4.62. The molecule has 3 nitrogen and oxygen atoms in total. The predicted molar refractivity (Wildman–Crippen MR) is 48.5 cm³/mol. The molecule has 0 heterocycles. The van der Waals surface area contributed by atoms with Gasteiger partial charge in [-0.15, -0.1) is 0 Å². The van der Waals surface area contributed by atoms with Crippen LogP contribution in [0.1, 0.15) is 19.8 Å². The first-order valence-electron chi connectivity index (χ1n) is 3.39. The molecule has 0 saturated heterocycles. The van der Waals surface area contributed by atoms with Crippen molar-refractivity contribution in [3.8, 4) is 6.07 Å². The zero-order valence-corrected chi connectivity index (χ0v) is 7.24. The molecule has 0 aromatic rings. The van der Waals surface area contributed by atoms with Gasteiger partial charge in [-0.1, -0.05) is 25.6 Å². The van der Waals surface area contributed by atoms with E-state index >= 15 is 0 Å². The van der Waals surface area contributed by atoms with Crippen LogP contribution in [-0.2, 0) is 0 Å². The molecule has 0 fully saturated rings. The summed E-state index contributed by atoms with van der Waals surface area (Å²) in [6, 6.07) is 1.90.